The molecule has 1 saturated carbocycles. The van der Waals surface area contributed by atoms with Crippen molar-refractivity contribution in [2.75, 3.05) is 13.7 Å². The van der Waals surface area contributed by atoms with E-state index < -0.39 is 0 Å². The molecule has 0 aliphatic heterocycles. The quantitative estimate of drug-likeness (QED) is 0.717. The number of nitrogens with zero attached hydrogens (tertiary/aromatic N) is 2. The lowest BCUT2D eigenvalue weighted by Crippen LogP contribution is -2.15. The van der Waals surface area contributed by atoms with Crippen LogP contribution < -0.4 is 0 Å². The Kier molecular flexibility index (Phi) is 5.90. The first-order valence-corrected chi connectivity index (χ1v) is 9.20. The summed E-state index contributed by atoms with van der Waals surface area (Å²) in [7, 11) is 1.74. The van der Waals surface area contributed by atoms with Crippen molar-refractivity contribution in [3.63, 3.8) is 0 Å². The normalized spacial score (nSPS) is 15.9. The van der Waals surface area contributed by atoms with E-state index >= 15 is 0 Å². The number of methoxy groups -OCH3 is 1. The Morgan fingerprint density at radius 1 is 1.22 bits per heavy atom. The maximum atomic E-state index is 5.27. The lowest BCUT2D eigenvalue weighted by molar-refractivity contribution is 0.201. The van der Waals surface area contributed by atoms with E-state index in [1.54, 1.807) is 7.11 Å². The van der Waals surface area contributed by atoms with Crippen LogP contribution in [0.2, 0.25) is 0 Å². The van der Waals surface area contributed by atoms with Crippen LogP contribution in [0.5, 0.6) is 0 Å². The van der Waals surface area contributed by atoms with Gasteiger partial charge in [-0.3, -0.25) is 4.68 Å². The standard InChI is InChI=1S/C19H24BrN2O/c1-23-13-12-17-18(16-10-6-3-7-11-16)19(20)22(21-17)14-15-8-4-2-5-9-15/h2-3,6-7,10-11,15H,4-5,8-9,12-14H2,1H3. The predicted octanol–water partition coefficient (Wildman–Crippen LogP) is 4.90. The molecule has 1 aromatic carbocycles. The smallest absolute Gasteiger partial charge is 0.112 e. The van der Waals surface area contributed by atoms with Gasteiger partial charge in [-0.15, -0.1) is 0 Å². The van der Waals surface area contributed by atoms with Gasteiger partial charge in [-0.2, -0.15) is 5.10 Å². The number of benzene rings is 1. The Labute approximate surface area is 147 Å². The second-order valence-electron chi connectivity index (χ2n) is 6.21. The first-order chi connectivity index (χ1) is 11.3. The molecule has 0 atom stereocenters. The van der Waals surface area contributed by atoms with E-state index in [4.69, 9.17) is 9.84 Å². The highest BCUT2D eigenvalue weighted by molar-refractivity contribution is 9.10. The summed E-state index contributed by atoms with van der Waals surface area (Å²) in [6.07, 6.45) is 8.29. The zero-order valence-electron chi connectivity index (χ0n) is 13.7. The van der Waals surface area contributed by atoms with Gasteiger partial charge < -0.3 is 4.74 Å². The van der Waals surface area contributed by atoms with Crippen LogP contribution in [-0.4, -0.2) is 23.5 Å². The first-order valence-electron chi connectivity index (χ1n) is 8.40. The predicted molar refractivity (Wildman–Crippen MR) is 97.2 cm³/mol. The summed E-state index contributed by atoms with van der Waals surface area (Å²) in [6.45, 7) is 1.70. The van der Waals surface area contributed by atoms with Crippen LogP contribution in [0.3, 0.4) is 0 Å². The highest BCUT2D eigenvalue weighted by atomic mass is 79.9. The average Bonchev–Trinajstić information content (AvgIpc) is 2.90. The second kappa shape index (κ2) is 8.11. The lowest BCUT2D eigenvalue weighted by atomic mass is 9.89. The summed E-state index contributed by atoms with van der Waals surface area (Å²) in [4.78, 5) is 0. The summed E-state index contributed by atoms with van der Waals surface area (Å²) >= 11 is 3.81. The van der Waals surface area contributed by atoms with Crippen LogP contribution in [-0.2, 0) is 17.7 Å². The highest BCUT2D eigenvalue weighted by Gasteiger charge is 2.21. The maximum Gasteiger partial charge on any atom is 0.112 e. The van der Waals surface area contributed by atoms with Crippen molar-refractivity contribution in [1.29, 1.82) is 0 Å². The number of aromatic nitrogens is 2. The van der Waals surface area contributed by atoms with Gasteiger partial charge in [-0.1, -0.05) is 30.3 Å². The Hall–Kier alpha value is -1.13. The van der Waals surface area contributed by atoms with Gasteiger partial charge in [-0.25, -0.2) is 0 Å². The molecule has 23 heavy (non-hydrogen) atoms. The van der Waals surface area contributed by atoms with Crippen LogP contribution in [0.15, 0.2) is 34.9 Å². The molecule has 1 radical (unpaired) electrons. The van der Waals surface area contributed by atoms with E-state index in [0.29, 0.717) is 6.61 Å². The zero-order valence-corrected chi connectivity index (χ0v) is 15.3. The fourth-order valence-electron chi connectivity index (χ4n) is 3.30. The van der Waals surface area contributed by atoms with Crippen molar-refractivity contribution in [2.24, 2.45) is 5.92 Å². The van der Waals surface area contributed by atoms with E-state index in [1.165, 1.54) is 36.8 Å². The van der Waals surface area contributed by atoms with Gasteiger partial charge in [0.05, 0.1) is 12.3 Å². The molecule has 0 spiro atoms. The molecule has 0 N–H and O–H groups in total. The zero-order chi connectivity index (χ0) is 16.1. The van der Waals surface area contributed by atoms with Gasteiger partial charge >= 0.3 is 0 Å². The lowest BCUT2D eigenvalue weighted by Gasteiger charge is -2.21. The topological polar surface area (TPSA) is 27.1 Å². The van der Waals surface area contributed by atoms with Crippen LogP contribution in [0.1, 0.15) is 31.4 Å². The summed E-state index contributed by atoms with van der Waals surface area (Å²) in [6, 6.07) is 10.5. The van der Waals surface area contributed by atoms with Crippen molar-refractivity contribution in [1.82, 2.24) is 9.78 Å². The van der Waals surface area contributed by atoms with E-state index in [2.05, 4.69) is 57.4 Å². The van der Waals surface area contributed by atoms with Gasteiger partial charge in [0.15, 0.2) is 0 Å². The fraction of sp³-hybridized carbons (Fsp3) is 0.474. The van der Waals surface area contributed by atoms with Crippen LogP contribution >= 0.6 is 15.9 Å². The molecule has 3 nitrogen and oxygen atoms in total. The minimum atomic E-state index is 0.696. The Morgan fingerprint density at radius 3 is 2.65 bits per heavy atom. The highest BCUT2D eigenvalue weighted by Crippen LogP contribution is 2.34. The molecule has 0 amide bonds. The van der Waals surface area contributed by atoms with Gasteiger partial charge in [0.2, 0.25) is 0 Å². The summed E-state index contributed by atoms with van der Waals surface area (Å²) in [5.74, 6) is 0.732. The third kappa shape index (κ3) is 4.04. The monoisotopic (exact) mass is 375 g/mol. The maximum absolute atomic E-state index is 5.27. The fourth-order valence-corrected chi connectivity index (χ4v) is 3.98. The molecule has 1 aliphatic rings. The summed E-state index contributed by atoms with van der Waals surface area (Å²) < 4.78 is 8.52. The molecule has 1 aromatic heterocycles. The van der Waals surface area contributed by atoms with Gasteiger partial charge in [0.1, 0.15) is 4.60 Å². The number of ether oxygens (including phenoxy) is 1. The molecule has 0 saturated heterocycles. The Bertz CT molecular complexity index is 618. The number of rotatable bonds is 6. The van der Waals surface area contributed by atoms with Crippen molar-refractivity contribution < 1.29 is 4.74 Å². The third-order valence-corrected chi connectivity index (χ3v) is 5.36. The first kappa shape index (κ1) is 16.7. The van der Waals surface area contributed by atoms with Gasteiger partial charge in [0.25, 0.3) is 0 Å². The minimum Gasteiger partial charge on any atom is -0.384 e. The molecule has 4 heteroatoms. The van der Waals surface area contributed by atoms with E-state index in [0.717, 1.165) is 29.2 Å². The molecule has 1 aliphatic carbocycles. The summed E-state index contributed by atoms with van der Waals surface area (Å²) in [5.41, 5.74) is 3.55. The molecule has 3 rings (SSSR count). The largest absolute Gasteiger partial charge is 0.384 e. The third-order valence-electron chi connectivity index (χ3n) is 4.56. The second-order valence-corrected chi connectivity index (χ2v) is 6.96. The van der Waals surface area contributed by atoms with Crippen LogP contribution in [0, 0.1) is 12.3 Å². The summed E-state index contributed by atoms with van der Waals surface area (Å²) in [5, 5.41) is 4.90. The Morgan fingerprint density at radius 2 is 1.96 bits per heavy atom. The molecule has 0 unspecified atom stereocenters. The molecule has 2 aromatic rings. The van der Waals surface area contributed by atoms with Crippen LogP contribution in [0.4, 0.5) is 0 Å². The number of hydrogen-bond donors (Lipinski definition) is 0. The minimum absolute atomic E-state index is 0.696. The SMILES string of the molecule is COCCc1nn(CC2CC[CH]CC2)c(Br)c1-c1ccccc1. The molecular formula is C19H24BrN2O. The number of halogens is 1. The molecule has 0 bridgehead atoms. The van der Waals surface area contributed by atoms with Crippen molar-refractivity contribution >= 4 is 15.9 Å². The van der Waals surface area contributed by atoms with Gasteiger partial charge in [0, 0.05) is 25.6 Å². The molecule has 1 heterocycles. The molecule has 123 valence electrons. The Balaban J connectivity index is 1.89. The number of hydrogen-bond acceptors (Lipinski definition) is 2. The van der Waals surface area contributed by atoms with Gasteiger partial charge in [-0.05, 0) is 59.5 Å². The molecular weight excluding hydrogens is 352 g/mol. The molecule has 1 fully saturated rings. The van der Waals surface area contributed by atoms with E-state index in [1.807, 2.05) is 0 Å². The van der Waals surface area contributed by atoms with E-state index in [9.17, 15) is 0 Å². The average molecular weight is 376 g/mol. The van der Waals surface area contributed by atoms with E-state index in [-0.39, 0.29) is 0 Å². The van der Waals surface area contributed by atoms with Crippen LogP contribution in [0.25, 0.3) is 11.1 Å². The van der Waals surface area contributed by atoms with Crippen molar-refractivity contribution in [3.8, 4) is 11.1 Å². The van der Waals surface area contributed by atoms with Crippen molar-refractivity contribution in [3.05, 3.63) is 47.0 Å². The van der Waals surface area contributed by atoms with Crippen molar-refractivity contribution in [2.45, 2.75) is 38.6 Å².